The van der Waals surface area contributed by atoms with Crippen molar-refractivity contribution in [2.45, 2.75) is 19.9 Å². The average Bonchev–Trinajstić information content (AvgIpc) is 2.74. The van der Waals surface area contributed by atoms with Gasteiger partial charge in [0.25, 0.3) is 5.91 Å². The normalized spacial score (nSPS) is 10.4. The Morgan fingerprint density at radius 1 is 0.793 bits per heavy atom. The lowest BCUT2D eigenvalue weighted by Crippen LogP contribution is -2.39. The molecule has 148 valence electrons. The van der Waals surface area contributed by atoms with Gasteiger partial charge in [0.05, 0.1) is 5.56 Å². The molecule has 0 bridgehead atoms. The molecule has 0 aliphatic heterocycles. The van der Waals surface area contributed by atoms with Crippen molar-refractivity contribution in [3.8, 4) is 11.5 Å². The zero-order chi connectivity index (χ0) is 20.6. The van der Waals surface area contributed by atoms with Crippen LogP contribution in [0.1, 0.15) is 24.2 Å². The number of para-hydroxylation sites is 2. The fourth-order valence-corrected chi connectivity index (χ4v) is 2.88. The first-order chi connectivity index (χ1) is 14.0. The number of carbonyl (C=O) groups excluding carboxylic acids is 2. The van der Waals surface area contributed by atoms with E-state index in [1.54, 1.807) is 29.2 Å². The molecule has 0 spiro atoms. The largest absolute Gasteiger partial charge is 0.457 e. The number of anilines is 1. The fourth-order valence-electron chi connectivity index (χ4n) is 2.88. The summed E-state index contributed by atoms with van der Waals surface area (Å²) in [4.78, 5) is 26.5. The van der Waals surface area contributed by atoms with Crippen LogP contribution in [0.2, 0.25) is 0 Å². The van der Waals surface area contributed by atoms with Gasteiger partial charge in [0, 0.05) is 11.7 Å². The molecule has 5 nitrogen and oxygen atoms in total. The summed E-state index contributed by atoms with van der Waals surface area (Å²) in [5, 5.41) is 0. The van der Waals surface area contributed by atoms with Crippen LogP contribution >= 0.6 is 0 Å². The van der Waals surface area contributed by atoms with Crippen LogP contribution in [0.4, 0.5) is 5.69 Å². The molecule has 0 fully saturated rings. The molecule has 3 rings (SSSR count). The molecule has 3 aromatic carbocycles. The molecule has 0 unspecified atom stereocenters. The quantitative estimate of drug-likeness (QED) is 0.529. The van der Waals surface area contributed by atoms with E-state index in [1.807, 2.05) is 74.5 Å². The van der Waals surface area contributed by atoms with Gasteiger partial charge in [-0.3, -0.25) is 4.79 Å². The summed E-state index contributed by atoms with van der Waals surface area (Å²) >= 11 is 0. The maximum atomic E-state index is 12.6. The van der Waals surface area contributed by atoms with Crippen LogP contribution in [0.25, 0.3) is 0 Å². The second-order valence-electron chi connectivity index (χ2n) is 6.71. The number of esters is 1. The summed E-state index contributed by atoms with van der Waals surface area (Å²) in [5.41, 5.74) is 1.12. The highest BCUT2D eigenvalue weighted by Gasteiger charge is 2.20. The topological polar surface area (TPSA) is 55.8 Å². The van der Waals surface area contributed by atoms with Crippen molar-refractivity contribution in [3.05, 3.63) is 90.5 Å². The van der Waals surface area contributed by atoms with E-state index >= 15 is 0 Å². The summed E-state index contributed by atoms with van der Waals surface area (Å²) in [5.74, 6) is 0.493. The maximum absolute atomic E-state index is 12.6. The summed E-state index contributed by atoms with van der Waals surface area (Å²) in [6, 6.07) is 25.2. The summed E-state index contributed by atoms with van der Waals surface area (Å²) in [7, 11) is 0. The average molecular weight is 389 g/mol. The molecule has 1 amide bonds. The Hall–Kier alpha value is -3.60. The maximum Gasteiger partial charge on any atom is 0.338 e. The highest BCUT2D eigenvalue weighted by Crippen LogP contribution is 2.21. The van der Waals surface area contributed by atoms with Gasteiger partial charge in [-0.2, -0.15) is 0 Å². The first-order valence-corrected chi connectivity index (χ1v) is 9.42. The van der Waals surface area contributed by atoms with Gasteiger partial charge in [-0.1, -0.05) is 36.4 Å². The SMILES string of the molecule is CC(C)N(C(=O)COC(=O)c1ccc(Oc2ccccc2)cc1)c1ccccc1. The number of nitrogens with zero attached hydrogens (tertiary/aromatic N) is 1. The van der Waals surface area contributed by atoms with Crippen LogP contribution in [0.15, 0.2) is 84.9 Å². The van der Waals surface area contributed by atoms with E-state index in [0.29, 0.717) is 17.1 Å². The van der Waals surface area contributed by atoms with Gasteiger partial charge in [-0.05, 0) is 62.4 Å². The Morgan fingerprint density at radius 3 is 1.93 bits per heavy atom. The molecule has 0 saturated heterocycles. The molecule has 0 aliphatic carbocycles. The van der Waals surface area contributed by atoms with Crippen molar-refractivity contribution >= 4 is 17.6 Å². The van der Waals surface area contributed by atoms with Gasteiger partial charge in [-0.15, -0.1) is 0 Å². The van der Waals surface area contributed by atoms with E-state index in [0.717, 1.165) is 5.69 Å². The lowest BCUT2D eigenvalue weighted by Gasteiger charge is -2.26. The predicted molar refractivity (Wildman–Crippen MR) is 112 cm³/mol. The Kier molecular flexibility index (Phi) is 6.63. The van der Waals surface area contributed by atoms with Gasteiger partial charge < -0.3 is 14.4 Å². The predicted octanol–water partition coefficient (Wildman–Crippen LogP) is 5.08. The van der Waals surface area contributed by atoms with Crippen molar-refractivity contribution < 1.29 is 19.1 Å². The number of carbonyl (C=O) groups is 2. The minimum absolute atomic E-state index is 0.0574. The fraction of sp³-hybridized carbons (Fsp3) is 0.167. The number of ether oxygens (including phenoxy) is 2. The van der Waals surface area contributed by atoms with E-state index in [1.165, 1.54) is 0 Å². The molecule has 0 aromatic heterocycles. The van der Waals surface area contributed by atoms with Gasteiger partial charge in [0.1, 0.15) is 11.5 Å². The third-order valence-corrected chi connectivity index (χ3v) is 4.22. The van der Waals surface area contributed by atoms with E-state index in [4.69, 9.17) is 9.47 Å². The van der Waals surface area contributed by atoms with Crippen molar-refractivity contribution in [2.75, 3.05) is 11.5 Å². The van der Waals surface area contributed by atoms with Gasteiger partial charge in [-0.25, -0.2) is 4.79 Å². The summed E-state index contributed by atoms with van der Waals surface area (Å²) < 4.78 is 10.9. The molecule has 5 heteroatoms. The second-order valence-corrected chi connectivity index (χ2v) is 6.71. The minimum atomic E-state index is -0.554. The zero-order valence-corrected chi connectivity index (χ0v) is 16.4. The molecule has 0 aliphatic rings. The molecular weight excluding hydrogens is 366 g/mol. The molecule has 0 radical (unpaired) electrons. The summed E-state index contributed by atoms with van der Waals surface area (Å²) in [6.07, 6.45) is 0. The molecule has 0 N–H and O–H groups in total. The van der Waals surface area contributed by atoms with Crippen LogP contribution in [0, 0.1) is 0 Å². The molecule has 0 atom stereocenters. The highest BCUT2D eigenvalue weighted by molar-refractivity contribution is 5.97. The third kappa shape index (κ3) is 5.45. The lowest BCUT2D eigenvalue weighted by molar-refractivity contribution is -0.122. The van der Waals surface area contributed by atoms with Crippen molar-refractivity contribution in [2.24, 2.45) is 0 Å². The summed E-state index contributed by atoms with van der Waals surface area (Å²) in [6.45, 7) is 3.50. The smallest absolute Gasteiger partial charge is 0.338 e. The second kappa shape index (κ2) is 9.55. The highest BCUT2D eigenvalue weighted by atomic mass is 16.5. The Balaban J connectivity index is 1.59. The lowest BCUT2D eigenvalue weighted by atomic mass is 10.2. The number of hydrogen-bond acceptors (Lipinski definition) is 4. The Morgan fingerprint density at radius 2 is 1.34 bits per heavy atom. The van der Waals surface area contributed by atoms with Crippen molar-refractivity contribution in [3.63, 3.8) is 0 Å². The number of hydrogen-bond donors (Lipinski definition) is 0. The molecule has 0 saturated carbocycles. The first-order valence-electron chi connectivity index (χ1n) is 9.42. The third-order valence-electron chi connectivity index (χ3n) is 4.22. The molecule has 29 heavy (non-hydrogen) atoms. The van der Waals surface area contributed by atoms with Crippen molar-refractivity contribution in [1.29, 1.82) is 0 Å². The van der Waals surface area contributed by atoms with Crippen LogP contribution in [-0.4, -0.2) is 24.5 Å². The minimum Gasteiger partial charge on any atom is -0.457 e. The van der Waals surface area contributed by atoms with E-state index in [9.17, 15) is 9.59 Å². The monoisotopic (exact) mass is 389 g/mol. The number of amides is 1. The van der Waals surface area contributed by atoms with Crippen LogP contribution in [0.5, 0.6) is 11.5 Å². The van der Waals surface area contributed by atoms with Crippen molar-refractivity contribution in [1.82, 2.24) is 0 Å². The molecule has 3 aromatic rings. The molecule has 0 heterocycles. The van der Waals surface area contributed by atoms with Crippen LogP contribution in [0.3, 0.4) is 0 Å². The van der Waals surface area contributed by atoms with E-state index < -0.39 is 5.97 Å². The Bertz CT molecular complexity index is 938. The molecular formula is C24H23NO4. The van der Waals surface area contributed by atoms with Gasteiger partial charge >= 0.3 is 5.97 Å². The standard InChI is InChI=1S/C24H23NO4/c1-18(2)25(20-9-5-3-6-10-20)23(26)17-28-24(27)19-13-15-22(16-14-19)29-21-11-7-4-8-12-21/h3-16,18H,17H2,1-2H3. The van der Waals surface area contributed by atoms with E-state index in [2.05, 4.69) is 0 Å². The van der Waals surface area contributed by atoms with Gasteiger partial charge in [0.15, 0.2) is 6.61 Å². The van der Waals surface area contributed by atoms with Gasteiger partial charge in [0.2, 0.25) is 0 Å². The Labute approximate surface area is 170 Å². The van der Waals surface area contributed by atoms with Crippen LogP contribution in [-0.2, 0) is 9.53 Å². The number of benzene rings is 3. The van der Waals surface area contributed by atoms with Crippen LogP contribution < -0.4 is 9.64 Å². The number of rotatable bonds is 7. The van der Waals surface area contributed by atoms with E-state index in [-0.39, 0.29) is 18.6 Å². The first kappa shape index (κ1) is 20.1. The zero-order valence-electron chi connectivity index (χ0n) is 16.4.